The van der Waals surface area contributed by atoms with E-state index in [1.165, 1.54) is 66.7 Å². The van der Waals surface area contributed by atoms with Crippen molar-refractivity contribution in [1.29, 1.82) is 0 Å². The average Bonchev–Trinajstić information content (AvgIpc) is 3.83. The van der Waals surface area contributed by atoms with Gasteiger partial charge >= 0.3 is 0 Å². The van der Waals surface area contributed by atoms with E-state index in [9.17, 15) is 0 Å². The van der Waals surface area contributed by atoms with Gasteiger partial charge in [-0.2, -0.15) is 0 Å². The largest absolute Gasteiger partial charge is 0.456 e. The highest BCUT2D eigenvalue weighted by atomic mass is 16.3. The molecule has 0 fully saturated rings. The van der Waals surface area contributed by atoms with Crippen molar-refractivity contribution in [2.24, 2.45) is 0 Å². The first kappa shape index (κ1) is 29.2. The smallest absolute Gasteiger partial charge is 0.137 e. The Bertz CT molecular complexity index is 2940. The van der Waals surface area contributed by atoms with E-state index in [4.69, 9.17) is 4.42 Å². The highest BCUT2D eigenvalue weighted by molar-refractivity contribution is 6.11. The molecule has 3 heteroatoms. The normalized spacial score (nSPS) is 16.8. The maximum Gasteiger partial charge on any atom is 0.137 e. The second kappa shape index (κ2) is 11.0. The summed E-state index contributed by atoms with van der Waals surface area (Å²) in [5, 5.41) is 4.80. The van der Waals surface area contributed by atoms with Crippen LogP contribution >= 0.6 is 0 Å². The molecule has 2 aromatic heterocycles. The van der Waals surface area contributed by atoms with Gasteiger partial charge in [0.25, 0.3) is 0 Å². The number of para-hydroxylation sites is 3. The predicted octanol–water partition coefficient (Wildman–Crippen LogP) is 13.1. The van der Waals surface area contributed by atoms with Crippen LogP contribution in [0.1, 0.15) is 24.5 Å². The summed E-state index contributed by atoms with van der Waals surface area (Å²) in [5.41, 5.74) is 15.4. The van der Waals surface area contributed by atoms with Gasteiger partial charge in [-0.25, -0.2) is 0 Å². The van der Waals surface area contributed by atoms with Gasteiger partial charge in [-0.3, -0.25) is 0 Å². The Morgan fingerprint density at radius 3 is 2.06 bits per heavy atom. The van der Waals surface area contributed by atoms with Gasteiger partial charge in [0.15, 0.2) is 0 Å². The van der Waals surface area contributed by atoms with Crippen molar-refractivity contribution in [2.75, 3.05) is 4.90 Å². The zero-order valence-corrected chi connectivity index (χ0v) is 28.8. The summed E-state index contributed by atoms with van der Waals surface area (Å²) in [7, 11) is 0. The molecule has 0 saturated carbocycles. The van der Waals surface area contributed by atoms with Crippen LogP contribution in [0.25, 0.3) is 66.1 Å². The van der Waals surface area contributed by atoms with Crippen LogP contribution in [0.4, 0.5) is 11.4 Å². The third-order valence-electron chi connectivity index (χ3n) is 11.4. The molecule has 1 atom stereocenters. The first-order valence-corrected chi connectivity index (χ1v) is 18.1. The van der Waals surface area contributed by atoms with E-state index in [0.717, 1.165) is 34.0 Å². The van der Waals surface area contributed by atoms with Crippen molar-refractivity contribution >= 4 is 60.7 Å². The van der Waals surface area contributed by atoms with Gasteiger partial charge in [-0.1, -0.05) is 109 Å². The standard InChI is InChI=1S/C49H34N2O/c1-49-31-35(22-28-48(49)51(45-17-9-7-15-42(45)49)36-23-19-33(20-24-36)32-11-3-2-4-12-32)34-21-27-44-41(29-34)38-13-5-8-16-43(38)50(44)37-25-26-40-39-14-6-10-18-46(39)52-47(40)30-37/h2-30H,31H2,1H3. The van der Waals surface area contributed by atoms with Crippen LogP contribution in [0, 0.1) is 0 Å². The summed E-state index contributed by atoms with van der Waals surface area (Å²) >= 11 is 0. The van der Waals surface area contributed by atoms with E-state index in [-0.39, 0.29) is 5.41 Å². The van der Waals surface area contributed by atoms with Crippen LogP contribution in [0.5, 0.6) is 0 Å². The molecular formula is C49H34N2O. The molecule has 9 aromatic rings. The molecule has 3 heterocycles. The van der Waals surface area contributed by atoms with Gasteiger partial charge in [0.1, 0.15) is 11.2 Å². The van der Waals surface area contributed by atoms with Gasteiger partial charge in [0.2, 0.25) is 0 Å². The molecule has 0 radical (unpaired) electrons. The highest BCUT2D eigenvalue weighted by Gasteiger charge is 2.45. The van der Waals surface area contributed by atoms with Crippen LogP contribution in [0.3, 0.4) is 0 Å². The predicted molar refractivity (Wildman–Crippen MR) is 217 cm³/mol. The molecule has 0 bridgehead atoms. The van der Waals surface area contributed by atoms with Gasteiger partial charge in [-0.15, -0.1) is 0 Å². The summed E-state index contributed by atoms with van der Waals surface area (Å²) in [6, 6.07) is 59.2. The molecule has 1 aliphatic heterocycles. The minimum Gasteiger partial charge on any atom is -0.456 e. The zero-order chi connectivity index (χ0) is 34.4. The van der Waals surface area contributed by atoms with E-state index in [2.05, 4.69) is 180 Å². The Morgan fingerprint density at radius 1 is 0.500 bits per heavy atom. The quantitative estimate of drug-likeness (QED) is 0.186. The van der Waals surface area contributed by atoms with Crippen molar-refractivity contribution in [2.45, 2.75) is 18.8 Å². The van der Waals surface area contributed by atoms with Crippen molar-refractivity contribution < 1.29 is 4.42 Å². The number of furan rings is 1. The van der Waals surface area contributed by atoms with Gasteiger partial charge < -0.3 is 13.9 Å². The Morgan fingerprint density at radius 2 is 1.17 bits per heavy atom. The third-order valence-corrected chi connectivity index (χ3v) is 11.4. The van der Waals surface area contributed by atoms with Crippen LogP contribution in [-0.4, -0.2) is 4.57 Å². The molecule has 0 N–H and O–H groups in total. The van der Waals surface area contributed by atoms with Crippen molar-refractivity contribution in [3.63, 3.8) is 0 Å². The molecule has 3 nitrogen and oxygen atoms in total. The van der Waals surface area contributed by atoms with Gasteiger partial charge in [-0.05, 0) is 102 Å². The second-order valence-electron chi connectivity index (χ2n) is 14.4. The molecule has 2 aliphatic rings. The topological polar surface area (TPSA) is 21.3 Å². The third kappa shape index (κ3) is 4.20. The van der Waals surface area contributed by atoms with E-state index in [0.29, 0.717) is 0 Å². The number of rotatable bonds is 4. The van der Waals surface area contributed by atoms with Crippen LogP contribution in [-0.2, 0) is 5.41 Å². The van der Waals surface area contributed by atoms with Crippen LogP contribution in [0.2, 0.25) is 0 Å². The fourth-order valence-corrected chi connectivity index (χ4v) is 8.93. The van der Waals surface area contributed by atoms with E-state index in [1.54, 1.807) is 0 Å². The Kier molecular flexibility index (Phi) is 6.15. The van der Waals surface area contributed by atoms with E-state index in [1.807, 2.05) is 12.1 Å². The lowest BCUT2D eigenvalue weighted by Crippen LogP contribution is -2.28. The number of hydrogen-bond donors (Lipinski definition) is 0. The Labute approximate surface area is 302 Å². The minimum absolute atomic E-state index is 0.163. The average molecular weight is 667 g/mol. The van der Waals surface area contributed by atoms with Gasteiger partial charge in [0.05, 0.1) is 11.0 Å². The molecule has 0 saturated heterocycles. The number of aromatic nitrogens is 1. The number of hydrogen-bond acceptors (Lipinski definition) is 2. The number of anilines is 2. The summed E-state index contributed by atoms with van der Waals surface area (Å²) < 4.78 is 8.69. The summed E-state index contributed by atoms with van der Waals surface area (Å²) in [6.45, 7) is 2.42. The summed E-state index contributed by atoms with van der Waals surface area (Å²) in [6.07, 6.45) is 5.63. The molecular weight excluding hydrogens is 633 g/mol. The molecule has 246 valence electrons. The molecule has 0 amide bonds. The molecule has 7 aromatic carbocycles. The monoisotopic (exact) mass is 666 g/mol. The van der Waals surface area contributed by atoms with Crippen LogP contribution in [0.15, 0.2) is 186 Å². The maximum absolute atomic E-state index is 6.31. The lowest BCUT2D eigenvalue weighted by Gasteiger charge is -2.34. The highest BCUT2D eigenvalue weighted by Crippen LogP contribution is 2.56. The van der Waals surface area contributed by atoms with Gasteiger partial charge in [0, 0.05) is 55.8 Å². The SMILES string of the molecule is CC12CC(c3ccc4c(c3)c3ccccc3n4-c3ccc4c(c3)oc3ccccc34)=CC=C1N(c1ccc(-c3ccccc3)cc1)c1ccccc12. The number of allylic oxidation sites excluding steroid dienone is 4. The van der Waals surface area contributed by atoms with Crippen molar-refractivity contribution in [3.8, 4) is 16.8 Å². The summed E-state index contributed by atoms with van der Waals surface area (Å²) in [4.78, 5) is 2.47. The fraction of sp³-hybridized carbons (Fsp3) is 0.0612. The molecule has 52 heavy (non-hydrogen) atoms. The first-order valence-electron chi connectivity index (χ1n) is 18.1. The first-order chi connectivity index (χ1) is 25.6. The van der Waals surface area contributed by atoms with E-state index >= 15 is 0 Å². The lowest BCUT2D eigenvalue weighted by molar-refractivity contribution is 0.586. The Balaban J connectivity index is 1.01. The van der Waals surface area contributed by atoms with Crippen LogP contribution < -0.4 is 4.90 Å². The number of nitrogens with zero attached hydrogens (tertiary/aromatic N) is 2. The lowest BCUT2D eigenvalue weighted by atomic mass is 9.72. The fourth-order valence-electron chi connectivity index (χ4n) is 8.93. The molecule has 1 aliphatic carbocycles. The molecule has 11 rings (SSSR count). The maximum atomic E-state index is 6.31. The number of benzene rings is 7. The minimum atomic E-state index is -0.163. The molecule has 0 spiro atoms. The van der Waals surface area contributed by atoms with E-state index < -0.39 is 0 Å². The number of fused-ring (bicyclic) bond motifs is 9. The van der Waals surface area contributed by atoms with Crippen molar-refractivity contribution in [3.05, 3.63) is 193 Å². The zero-order valence-electron chi connectivity index (χ0n) is 28.8. The second-order valence-corrected chi connectivity index (χ2v) is 14.4. The Hall–Kier alpha value is -6.58. The summed E-state index contributed by atoms with van der Waals surface area (Å²) in [5.74, 6) is 0. The van der Waals surface area contributed by atoms with Crippen molar-refractivity contribution in [1.82, 2.24) is 4.57 Å². The molecule has 1 unspecified atom stereocenters.